The number of nitrogens with zero attached hydrogens (tertiary/aromatic N) is 2. The van der Waals surface area contributed by atoms with Crippen LogP contribution < -0.4 is 5.73 Å². The summed E-state index contributed by atoms with van der Waals surface area (Å²) in [6.07, 6.45) is 12.3. The first kappa shape index (κ1) is 14.8. The highest BCUT2D eigenvalue weighted by Crippen LogP contribution is 2.44. The van der Waals surface area contributed by atoms with Gasteiger partial charge in [0.05, 0.1) is 0 Å². The molecule has 0 aromatic rings. The van der Waals surface area contributed by atoms with E-state index in [2.05, 4.69) is 23.8 Å². The van der Waals surface area contributed by atoms with Crippen LogP contribution in [0.2, 0.25) is 0 Å². The first-order valence-electron chi connectivity index (χ1n) is 8.89. The van der Waals surface area contributed by atoms with E-state index in [9.17, 15) is 0 Å². The van der Waals surface area contributed by atoms with Gasteiger partial charge in [0.2, 0.25) is 0 Å². The minimum absolute atomic E-state index is 0.309. The van der Waals surface area contributed by atoms with Gasteiger partial charge in [-0.15, -0.1) is 0 Å². The van der Waals surface area contributed by atoms with Gasteiger partial charge in [0.15, 0.2) is 0 Å². The van der Waals surface area contributed by atoms with Crippen LogP contribution in [0.3, 0.4) is 0 Å². The number of nitrogens with two attached hydrogens (primary N) is 1. The summed E-state index contributed by atoms with van der Waals surface area (Å²) in [6.45, 7) is 4.53. The molecule has 3 fully saturated rings. The van der Waals surface area contributed by atoms with Crippen molar-refractivity contribution in [2.24, 2.45) is 5.73 Å². The first-order chi connectivity index (χ1) is 9.70. The fraction of sp³-hybridized carbons (Fsp3) is 1.00. The van der Waals surface area contributed by atoms with Gasteiger partial charge >= 0.3 is 0 Å². The van der Waals surface area contributed by atoms with Gasteiger partial charge in [0.1, 0.15) is 0 Å². The highest BCUT2D eigenvalue weighted by atomic mass is 15.3. The Balaban J connectivity index is 1.84. The number of piperidine rings is 1. The summed E-state index contributed by atoms with van der Waals surface area (Å²) in [6, 6.07) is 2.36. The van der Waals surface area contributed by atoms with Crippen molar-refractivity contribution in [3.05, 3.63) is 0 Å². The van der Waals surface area contributed by atoms with Gasteiger partial charge in [0.25, 0.3) is 0 Å². The highest BCUT2D eigenvalue weighted by molar-refractivity contribution is 5.07. The van der Waals surface area contributed by atoms with Gasteiger partial charge in [0, 0.05) is 30.2 Å². The summed E-state index contributed by atoms with van der Waals surface area (Å²) < 4.78 is 0. The van der Waals surface area contributed by atoms with Crippen LogP contribution in [0, 0.1) is 0 Å². The molecule has 0 radical (unpaired) electrons. The Morgan fingerprint density at radius 2 is 1.75 bits per heavy atom. The normalized spacial score (nSPS) is 43.6. The SMILES string of the molecule is CCC1CCCCCN1C1(CN)CC2CCC(C1)N2C. The molecule has 0 spiro atoms. The molecule has 3 saturated heterocycles. The summed E-state index contributed by atoms with van der Waals surface area (Å²) in [4.78, 5) is 5.52. The van der Waals surface area contributed by atoms with Crippen molar-refractivity contribution in [1.82, 2.24) is 9.80 Å². The van der Waals surface area contributed by atoms with E-state index in [-0.39, 0.29) is 0 Å². The zero-order valence-corrected chi connectivity index (χ0v) is 13.5. The monoisotopic (exact) mass is 279 g/mol. The molecule has 2 N–H and O–H groups in total. The number of fused-ring (bicyclic) bond motifs is 2. The molecule has 20 heavy (non-hydrogen) atoms. The largest absolute Gasteiger partial charge is 0.329 e. The number of hydrogen-bond donors (Lipinski definition) is 1. The number of likely N-dealkylation sites (tertiary alicyclic amines) is 1. The van der Waals surface area contributed by atoms with E-state index in [0.29, 0.717) is 5.54 Å². The second-order valence-electron chi connectivity index (χ2n) is 7.49. The van der Waals surface area contributed by atoms with Crippen LogP contribution >= 0.6 is 0 Å². The van der Waals surface area contributed by atoms with Gasteiger partial charge in [-0.25, -0.2) is 0 Å². The molecule has 3 aliphatic heterocycles. The maximum atomic E-state index is 6.37. The Labute approximate surface area is 124 Å². The standard InChI is InChI=1S/C17H33N3/c1-3-14-7-5-4-6-10-20(14)17(13-18)11-15-8-9-16(12-17)19(15)2/h14-16H,3-13,18H2,1-2H3. The second-order valence-corrected chi connectivity index (χ2v) is 7.49. The van der Waals surface area contributed by atoms with Gasteiger partial charge < -0.3 is 10.6 Å². The fourth-order valence-electron chi connectivity index (χ4n) is 5.29. The van der Waals surface area contributed by atoms with E-state index >= 15 is 0 Å². The van der Waals surface area contributed by atoms with Gasteiger partial charge in [-0.2, -0.15) is 0 Å². The van der Waals surface area contributed by atoms with Crippen LogP contribution in [0.4, 0.5) is 0 Å². The molecule has 2 bridgehead atoms. The Kier molecular flexibility index (Phi) is 4.40. The lowest BCUT2D eigenvalue weighted by atomic mass is 9.80. The van der Waals surface area contributed by atoms with E-state index in [4.69, 9.17) is 5.73 Å². The molecule has 0 aliphatic carbocycles. The molecule has 3 atom stereocenters. The lowest BCUT2D eigenvalue weighted by molar-refractivity contribution is -0.0240. The minimum atomic E-state index is 0.309. The van der Waals surface area contributed by atoms with Crippen molar-refractivity contribution in [3.63, 3.8) is 0 Å². The average Bonchev–Trinajstić information content (AvgIpc) is 2.72. The predicted octanol–water partition coefficient (Wildman–Crippen LogP) is 2.60. The number of hydrogen-bond acceptors (Lipinski definition) is 3. The predicted molar refractivity (Wildman–Crippen MR) is 84.8 cm³/mol. The van der Waals surface area contributed by atoms with Crippen molar-refractivity contribution in [2.45, 2.75) is 88.4 Å². The maximum Gasteiger partial charge on any atom is 0.0364 e. The van der Waals surface area contributed by atoms with Gasteiger partial charge in [-0.3, -0.25) is 4.90 Å². The third kappa shape index (κ3) is 2.42. The minimum Gasteiger partial charge on any atom is -0.329 e. The van der Waals surface area contributed by atoms with Crippen molar-refractivity contribution in [3.8, 4) is 0 Å². The molecule has 3 heteroatoms. The van der Waals surface area contributed by atoms with Gasteiger partial charge in [-0.1, -0.05) is 19.8 Å². The van der Waals surface area contributed by atoms with Crippen molar-refractivity contribution < 1.29 is 0 Å². The molecule has 3 aliphatic rings. The van der Waals surface area contributed by atoms with Crippen molar-refractivity contribution in [1.29, 1.82) is 0 Å². The molecule has 3 heterocycles. The van der Waals surface area contributed by atoms with Crippen LogP contribution in [0.5, 0.6) is 0 Å². The van der Waals surface area contributed by atoms with Crippen LogP contribution in [0.15, 0.2) is 0 Å². The molecule has 3 unspecified atom stereocenters. The first-order valence-corrected chi connectivity index (χ1v) is 8.89. The molecular formula is C17H33N3. The van der Waals surface area contributed by atoms with E-state index in [0.717, 1.165) is 24.7 Å². The lowest BCUT2D eigenvalue weighted by Crippen LogP contribution is -2.64. The number of rotatable bonds is 3. The van der Waals surface area contributed by atoms with Gasteiger partial charge in [-0.05, 0) is 58.5 Å². The summed E-state index contributed by atoms with van der Waals surface area (Å²) in [5, 5.41) is 0. The van der Waals surface area contributed by atoms with E-state index < -0.39 is 0 Å². The molecule has 0 amide bonds. The molecule has 0 aromatic carbocycles. The topological polar surface area (TPSA) is 32.5 Å². The van der Waals surface area contributed by atoms with Crippen molar-refractivity contribution in [2.75, 3.05) is 20.1 Å². The van der Waals surface area contributed by atoms with E-state index in [1.54, 1.807) is 0 Å². The van der Waals surface area contributed by atoms with Crippen LogP contribution in [-0.2, 0) is 0 Å². The molecular weight excluding hydrogens is 246 g/mol. The van der Waals surface area contributed by atoms with Crippen LogP contribution in [0.1, 0.15) is 64.7 Å². The maximum absolute atomic E-state index is 6.37. The Bertz CT molecular complexity index is 316. The Morgan fingerprint density at radius 3 is 2.35 bits per heavy atom. The molecule has 116 valence electrons. The highest BCUT2D eigenvalue weighted by Gasteiger charge is 2.50. The zero-order chi connectivity index (χ0) is 14.2. The van der Waals surface area contributed by atoms with Crippen LogP contribution in [-0.4, -0.2) is 53.6 Å². The van der Waals surface area contributed by atoms with E-state index in [1.807, 2.05) is 0 Å². The summed E-state index contributed by atoms with van der Waals surface area (Å²) in [5.74, 6) is 0. The van der Waals surface area contributed by atoms with Crippen molar-refractivity contribution >= 4 is 0 Å². The fourth-order valence-corrected chi connectivity index (χ4v) is 5.29. The Morgan fingerprint density at radius 1 is 1.05 bits per heavy atom. The Hall–Kier alpha value is -0.120. The lowest BCUT2D eigenvalue weighted by Gasteiger charge is -2.53. The summed E-state index contributed by atoms with van der Waals surface area (Å²) in [5.41, 5.74) is 6.68. The average molecular weight is 279 g/mol. The molecule has 3 nitrogen and oxygen atoms in total. The quantitative estimate of drug-likeness (QED) is 0.862. The summed E-state index contributed by atoms with van der Waals surface area (Å²) >= 11 is 0. The van der Waals surface area contributed by atoms with E-state index in [1.165, 1.54) is 64.3 Å². The zero-order valence-electron chi connectivity index (χ0n) is 13.5. The third-order valence-electron chi connectivity index (χ3n) is 6.55. The van der Waals surface area contributed by atoms with Crippen LogP contribution in [0.25, 0.3) is 0 Å². The molecule has 0 saturated carbocycles. The summed E-state index contributed by atoms with van der Waals surface area (Å²) in [7, 11) is 2.34. The third-order valence-corrected chi connectivity index (χ3v) is 6.55. The smallest absolute Gasteiger partial charge is 0.0364 e. The molecule has 3 rings (SSSR count). The molecule has 0 aromatic heterocycles. The second kappa shape index (κ2) is 5.94.